The molecule has 1 N–H and O–H groups in total. The summed E-state index contributed by atoms with van der Waals surface area (Å²) in [5.74, 6) is 0.376. The van der Waals surface area contributed by atoms with Crippen LogP contribution in [0.2, 0.25) is 0 Å². The number of piperidine rings is 1. The average molecular weight is 328 g/mol. The van der Waals surface area contributed by atoms with Crippen molar-refractivity contribution in [1.29, 1.82) is 0 Å². The number of sulfonamides is 1. The van der Waals surface area contributed by atoms with E-state index in [9.17, 15) is 21.6 Å². The Morgan fingerprint density at radius 2 is 1.71 bits per heavy atom. The van der Waals surface area contributed by atoms with Gasteiger partial charge in [0.1, 0.15) is 0 Å². The standard InChI is InChI=1S/C13H23F3N2O2S/c14-13(15,16)6-1-9-21(19,20)18-7-4-12(5-8-18)17-10-11-2-3-11/h11-12,17H,1-10H2. The summed E-state index contributed by atoms with van der Waals surface area (Å²) in [5.41, 5.74) is 0. The minimum Gasteiger partial charge on any atom is -0.314 e. The maximum absolute atomic E-state index is 12.1. The van der Waals surface area contributed by atoms with E-state index in [-0.39, 0.29) is 6.42 Å². The predicted octanol–water partition coefficient (Wildman–Crippen LogP) is 2.12. The lowest BCUT2D eigenvalue weighted by atomic mass is 10.1. The molecule has 1 heterocycles. The Morgan fingerprint density at radius 3 is 2.24 bits per heavy atom. The van der Waals surface area contributed by atoms with Crippen LogP contribution in [0.4, 0.5) is 13.2 Å². The first-order valence-electron chi connectivity index (χ1n) is 7.54. The van der Waals surface area contributed by atoms with E-state index in [2.05, 4.69) is 5.32 Å². The van der Waals surface area contributed by atoms with Gasteiger partial charge in [0, 0.05) is 25.6 Å². The van der Waals surface area contributed by atoms with E-state index in [1.807, 2.05) is 0 Å². The van der Waals surface area contributed by atoms with Crippen LogP contribution in [0.15, 0.2) is 0 Å². The topological polar surface area (TPSA) is 49.4 Å². The zero-order valence-electron chi connectivity index (χ0n) is 12.0. The van der Waals surface area contributed by atoms with E-state index in [0.717, 1.165) is 25.3 Å². The summed E-state index contributed by atoms with van der Waals surface area (Å²) in [5, 5.41) is 3.45. The lowest BCUT2D eigenvalue weighted by molar-refractivity contribution is -0.134. The van der Waals surface area contributed by atoms with Crippen LogP contribution < -0.4 is 5.32 Å². The summed E-state index contributed by atoms with van der Waals surface area (Å²) in [7, 11) is -3.54. The maximum atomic E-state index is 12.1. The average Bonchev–Trinajstić information content (AvgIpc) is 3.19. The van der Waals surface area contributed by atoms with Crippen molar-refractivity contribution < 1.29 is 21.6 Å². The molecule has 4 nitrogen and oxygen atoms in total. The molecule has 2 fully saturated rings. The quantitative estimate of drug-likeness (QED) is 0.779. The molecule has 2 aliphatic rings. The molecule has 0 spiro atoms. The van der Waals surface area contributed by atoms with Gasteiger partial charge in [-0.25, -0.2) is 12.7 Å². The van der Waals surface area contributed by atoms with Gasteiger partial charge in [0.2, 0.25) is 10.0 Å². The number of nitrogens with one attached hydrogen (secondary N) is 1. The highest BCUT2D eigenvalue weighted by atomic mass is 32.2. The summed E-state index contributed by atoms with van der Waals surface area (Å²) in [4.78, 5) is 0. The molecule has 0 radical (unpaired) electrons. The third kappa shape index (κ3) is 6.12. The second-order valence-electron chi connectivity index (χ2n) is 6.06. The number of alkyl halides is 3. The Labute approximate surface area is 124 Å². The highest BCUT2D eigenvalue weighted by Crippen LogP contribution is 2.28. The molecule has 0 aromatic rings. The van der Waals surface area contributed by atoms with Crippen LogP contribution in [0.25, 0.3) is 0 Å². The van der Waals surface area contributed by atoms with Gasteiger partial charge < -0.3 is 5.32 Å². The van der Waals surface area contributed by atoms with E-state index >= 15 is 0 Å². The van der Waals surface area contributed by atoms with Crippen LogP contribution in [0.1, 0.15) is 38.5 Å². The summed E-state index contributed by atoms with van der Waals surface area (Å²) >= 11 is 0. The van der Waals surface area contributed by atoms with Gasteiger partial charge in [0.15, 0.2) is 0 Å². The summed E-state index contributed by atoms with van der Waals surface area (Å²) in [6.45, 7) is 1.83. The van der Waals surface area contributed by atoms with Crippen molar-refractivity contribution in [2.45, 2.75) is 50.7 Å². The highest BCUT2D eigenvalue weighted by molar-refractivity contribution is 7.89. The fourth-order valence-corrected chi connectivity index (χ4v) is 4.11. The molecule has 0 aromatic heterocycles. The van der Waals surface area contributed by atoms with Crippen molar-refractivity contribution in [2.75, 3.05) is 25.4 Å². The van der Waals surface area contributed by atoms with Gasteiger partial charge in [-0.1, -0.05) is 0 Å². The maximum Gasteiger partial charge on any atom is 0.389 e. The Hall–Kier alpha value is -0.340. The second-order valence-corrected chi connectivity index (χ2v) is 8.15. The number of hydrogen-bond acceptors (Lipinski definition) is 3. The molecular formula is C13H23F3N2O2S. The molecule has 0 atom stereocenters. The van der Waals surface area contributed by atoms with Crippen molar-refractivity contribution in [1.82, 2.24) is 9.62 Å². The zero-order chi connectivity index (χ0) is 15.5. The van der Waals surface area contributed by atoms with Gasteiger partial charge in [-0.15, -0.1) is 0 Å². The minimum atomic E-state index is -4.28. The van der Waals surface area contributed by atoms with Crippen LogP contribution in [0, 0.1) is 5.92 Å². The number of hydrogen-bond donors (Lipinski definition) is 1. The van der Waals surface area contributed by atoms with Crippen molar-refractivity contribution in [3.8, 4) is 0 Å². The summed E-state index contributed by atoms with van der Waals surface area (Å²) in [6.07, 6.45) is -1.64. The smallest absolute Gasteiger partial charge is 0.314 e. The largest absolute Gasteiger partial charge is 0.389 e. The molecule has 0 bridgehead atoms. The van der Waals surface area contributed by atoms with Crippen LogP contribution >= 0.6 is 0 Å². The molecule has 8 heteroatoms. The van der Waals surface area contributed by atoms with E-state index in [1.54, 1.807) is 0 Å². The Kier molecular flexibility index (Phi) is 5.54. The first kappa shape index (κ1) is 17.0. The SMILES string of the molecule is O=S(=O)(CCCC(F)(F)F)N1CCC(NCC2CC2)CC1. The third-order valence-electron chi connectivity index (χ3n) is 4.10. The van der Waals surface area contributed by atoms with Gasteiger partial charge in [0.05, 0.1) is 5.75 Å². The molecule has 21 heavy (non-hydrogen) atoms. The molecule has 2 rings (SSSR count). The second kappa shape index (κ2) is 6.83. The molecular weight excluding hydrogens is 305 g/mol. The normalized spacial score (nSPS) is 22.6. The van der Waals surface area contributed by atoms with Crippen LogP contribution in [0.5, 0.6) is 0 Å². The molecule has 124 valence electrons. The van der Waals surface area contributed by atoms with E-state index in [4.69, 9.17) is 0 Å². The molecule has 1 saturated heterocycles. The summed E-state index contributed by atoms with van der Waals surface area (Å²) < 4.78 is 61.5. The Balaban J connectivity index is 1.69. The van der Waals surface area contributed by atoms with E-state index in [0.29, 0.717) is 19.1 Å². The van der Waals surface area contributed by atoms with Crippen molar-refractivity contribution in [3.63, 3.8) is 0 Å². The molecule has 1 aliphatic carbocycles. The van der Waals surface area contributed by atoms with E-state index in [1.165, 1.54) is 17.1 Å². The van der Waals surface area contributed by atoms with Gasteiger partial charge in [-0.2, -0.15) is 13.2 Å². The molecule has 1 saturated carbocycles. The fourth-order valence-electron chi connectivity index (χ4n) is 2.58. The first-order chi connectivity index (χ1) is 9.76. The number of rotatable bonds is 7. The fraction of sp³-hybridized carbons (Fsp3) is 1.00. The molecule has 1 aliphatic heterocycles. The van der Waals surface area contributed by atoms with Gasteiger partial charge in [0.25, 0.3) is 0 Å². The van der Waals surface area contributed by atoms with E-state index < -0.39 is 28.4 Å². The highest BCUT2D eigenvalue weighted by Gasteiger charge is 2.31. The summed E-state index contributed by atoms with van der Waals surface area (Å²) in [6, 6.07) is 0.340. The monoisotopic (exact) mass is 328 g/mol. The van der Waals surface area contributed by atoms with Crippen molar-refractivity contribution in [3.05, 3.63) is 0 Å². The molecule has 0 amide bonds. The Bertz CT molecular complexity index is 427. The van der Waals surface area contributed by atoms with Gasteiger partial charge >= 0.3 is 6.18 Å². The first-order valence-corrected chi connectivity index (χ1v) is 9.15. The Morgan fingerprint density at radius 1 is 1.10 bits per heavy atom. The number of halogens is 3. The van der Waals surface area contributed by atoms with Crippen LogP contribution in [-0.4, -0.2) is 50.3 Å². The van der Waals surface area contributed by atoms with Crippen LogP contribution in [0.3, 0.4) is 0 Å². The van der Waals surface area contributed by atoms with Crippen molar-refractivity contribution >= 4 is 10.0 Å². The zero-order valence-corrected chi connectivity index (χ0v) is 12.8. The minimum absolute atomic E-state index is 0.340. The van der Waals surface area contributed by atoms with Crippen molar-refractivity contribution in [2.24, 2.45) is 5.92 Å². The van der Waals surface area contributed by atoms with Gasteiger partial charge in [-0.05, 0) is 44.6 Å². The molecule has 0 unspecified atom stereocenters. The van der Waals surface area contributed by atoms with Gasteiger partial charge in [-0.3, -0.25) is 0 Å². The molecule has 0 aromatic carbocycles. The van der Waals surface area contributed by atoms with Crippen LogP contribution in [-0.2, 0) is 10.0 Å². The predicted molar refractivity (Wildman–Crippen MR) is 74.4 cm³/mol. The lowest BCUT2D eigenvalue weighted by Crippen LogP contribution is -2.46. The third-order valence-corrected chi connectivity index (χ3v) is 6.06. The lowest BCUT2D eigenvalue weighted by Gasteiger charge is -2.31. The number of nitrogens with zero attached hydrogens (tertiary/aromatic N) is 1.